The van der Waals surface area contributed by atoms with Crippen LogP contribution in [-0.4, -0.2) is 36.0 Å². The lowest BCUT2D eigenvalue weighted by molar-refractivity contribution is -0.116. The first-order chi connectivity index (χ1) is 13.6. The van der Waals surface area contributed by atoms with Gasteiger partial charge >= 0.3 is 0 Å². The van der Waals surface area contributed by atoms with Gasteiger partial charge in [0.1, 0.15) is 17.5 Å². The molecule has 28 heavy (non-hydrogen) atoms. The van der Waals surface area contributed by atoms with Gasteiger partial charge in [-0.3, -0.25) is 9.69 Å². The van der Waals surface area contributed by atoms with Crippen molar-refractivity contribution >= 4 is 23.2 Å². The number of carbonyl (C=O) groups is 1. The fourth-order valence-electron chi connectivity index (χ4n) is 3.71. The van der Waals surface area contributed by atoms with Crippen LogP contribution in [0.4, 0.5) is 5.69 Å². The molecule has 1 aromatic heterocycles. The molecule has 2 N–H and O–H groups in total. The van der Waals surface area contributed by atoms with Gasteiger partial charge in [-0.15, -0.1) is 0 Å². The fraction of sp³-hybridized carbons (Fsp3) is 0.429. The van der Waals surface area contributed by atoms with E-state index in [1.807, 2.05) is 12.3 Å². The Kier molecular flexibility index (Phi) is 6.96. The number of aromatic nitrogens is 1. The predicted octanol–water partition coefficient (Wildman–Crippen LogP) is 4.18. The second-order valence-electron chi connectivity index (χ2n) is 7.21. The molecule has 0 saturated carbocycles. The number of likely N-dealkylation sites (tertiary alicyclic amines) is 1. The number of benzene rings is 1. The molecule has 6 nitrogen and oxygen atoms in total. The summed E-state index contributed by atoms with van der Waals surface area (Å²) < 4.78 is 5.27. The van der Waals surface area contributed by atoms with Crippen LogP contribution in [0.5, 0.6) is 5.75 Å². The first kappa shape index (κ1) is 20.2. The Bertz CT molecular complexity index is 858. The number of piperidine rings is 1. The maximum absolute atomic E-state index is 12.4. The van der Waals surface area contributed by atoms with E-state index >= 15 is 0 Å². The molecule has 1 aromatic carbocycles. The Morgan fingerprint density at radius 2 is 2.32 bits per heavy atom. The second-order valence-corrected chi connectivity index (χ2v) is 7.64. The monoisotopic (exact) mass is 400 g/mol. The standard InChI is InChI=1S/C21H25ClN4O2/c1-28-20-6-5-17(22)10-19(20)25-21(27)7-4-15-3-2-8-26(13-15)14-16-9-18(11-23)24-12-16/h5-6,9-10,12,15,24H,2-4,7-8,13-14H2,1H3,(H,25,27). The third-order valence-electron chi connectivity index (χ3n) is 5.09. The van der Waals surface area contributed by atoms with Gasteiger partial charge in [-0.2, -0.15) is 5.26 Å². The highest BCUT2D eigenvalue weighted by atomic mass is 35.5. The molecule has 1 unspecified atom stereocenters. The molecule has 2 aromatic rings. The van der Waals surface area contributed by atoms with Crippen LogP contribution in [-0.2, 0) is 11.3 Å². The van der Waals surface area contributed by atoms with Crippen molar-refractivity contribution in [2.45, 2.75) is 32.2 Å². The number of carbonyl (C=O) groups excluding carboxylic acids is 1. The van der Waals surface area contributed by atoms with Crippen molar-refractivity contribution in [3.63, 3.8) is 0 Å². The topological polar surface area (TPSA) is 81.2 Å². The first-order valence-electron chi connectivity index (χ1n) is 9.50. The Hall–Kier alpha value is -2.49. The van der Waals surface area contributed by atoms with Gasteiger partial charge in [0, 0.05) is 30.7 Å². The minimum absolute atomic E-state index is 0.0259. The Balaban J connectivity index is 1.48. The SMILES string of the molecule is COc1ccc(Cl)cc1NC(=O)CCC1CCCN(Cc2c[nH]c(C#N)c2)C1. The molecule has 0 aliphatic carbocycles. The maximum Gasteiger partial charge on any atom is 0.224 e. The number of hydrogen-bond donors (Lipinski definition) is 2. The normalized spacial score (nSPS) is 17.1. The van der Waals surface area contributed by atoms with E-state index < -0.39 is 0 Å². The van der Waals surface area contributed by atoms with Crippen LogP contribution in [0.1, 0.15) is 36.9 Å². The molecule has 0 bridgehead atoms. The highest BCUT2D eigenvalue weighted by molar-refractivity contribution is 6.31. The number of aromatic amines is 1. The highest BCUT2D eigenvalue weighted by Gasteiger charge is 2.21. The minimum atomic E-state index is -0.0259. The van der Waals surface area contributed by atoms with E-state index in [2.05, 4.69) is 21.3 Å². The summed E-state index contributed by atoms with van der Waals surface area (Å²) in [4.78, 5) is 17.8. The van der Waals surface area contributed by atoms with Gasteiger partial charge in [0.25, 0.3) is 0 Å². The van der Waals surface area contributed by atoms with E-state index in [1.165, 1.54) is 0 Å². The van der Waals surface area contributed by atoms with Crippen molar-refractivity contribution in [3.8, 4) is 11.8 Å². The summed E-state index contributed by atoms with van der Waals surface area (Å²) in [5, 5.41) is 12.4. The number of rotatable bonds is 7. The van der Waals surface area contributed by atoms with Gasteiger partial charge in [-0.1, -0.05) is 11.6 Å². The summed E-state index contributed by atoms with van der Waals surface area (Å²) in [5.41, 5.74) is 2.32. The van der Waals surface area contributed by atoms with Crippen LogP contribution >= 0.6 is 11.6 Å². The van der Waals surface area contributed by atoms with E-state index in [0.29, 0.717) is 34.5 Å². The summed E-state index contributed by atoms with van der Waals surface area (Å²) in [5.74, 6) is 1.07. The van der Waals surface area contributed by atoms with Crippen LogP contribution < -0.4 is 10.1 Å². The van der Waals surface area contributed by atoms with Gasteiger partial charge in [0.2, 0.25) is 5.91 Å². The number of anilines is 1. The fourth-order valence-corrected chi connectivity index (χ4v) is 3.88. The van der Waals surface area contributed by atoms with Gasteiger partial charge in [-0.05, 0) is 61.6 Å². The van der Waals surface area contributed by atoms with Crippen molar-refractivity contribution in [3.05, 3.63) is 46.7 Å². The number of nitriles is 1. The number of halogens is 1. The molecule has 1 aliphatic rings. The summed E-state index contributed by atoms with van der Waals surface area (Å²) >= 11 is 6.02. The molecule has 1 atom stereocenters. The number of nitrogens with one attached hydrogen (secondary N) is 2. The van der Waals surface area contributed by atoms with Crippen molar-refractivity contribution in [1.82, 2.24) is 9.88 Å². The number of nitrogens with zero attached hydrogens (tertiary/aromatic N) is 2. The number of ether oxygens (including phenoxy) is 1. The van der Waals surface area contributed by atoms with Crippen molar-refractivity contribution < 1.29 is 9.53 Å². The molecule has 7 heteroatoms. The van der Waals surface area contributed by atoms with E-state index in [-0.39, 0.29) is 5.91 Å². The number of hydrogen-bond acceptors (Lipinski definition) is 4. The van der Waals surface area contributed by atoms with Gasteiger partial charge < -0.3 is 15.0 Å². The van der Waals surface area contributed by atoms with E-state index in [1.54, 1.807) is 25.3 Å². The average molecular weight is 401 g/mol. The van der Waals surface area contributed by atoms with Crippen LogP contribution in [0.15, 0.2) is 30.5 Å². The largest absolute Gasteiger partial charge is 0.495 e. The minimum Gasteiger partial charge on any atom is -0.495 e. The van der Waals surface area contributed by atoms with Gasteiger partial charge in [0.15, 0.2) is 0 Å². The maximum atomic E-state index is 12.4. The lowest BCUT2D eigenvalue weighted by Gasteiger charge is -2.32. The van der Waals surface area contributed by atoms with Gasteiger partial charge in [-0.25, -0.2) is 0 Å². The number of amides is 1. The molecular weight excluding hydrogens is 376 g/mol. The molecule has 1 fully saturated rings. The smallest absolute Gasteiger partial charge is 0.224 e. The molecule has 0 spiro atoms. The van der Waals surface area contributed by atoms with E-state index in [4.69, 9.17) is 21.6 Å². The molecule has 0 radical (unpaired) electrons. The molecule has 148 valence electrons. The Labute approximate surface area is 170 Å². The molecule has 1 aliphatic heterocycles. The molecule has 3 rings (SSSR count). The third kappa shape index (κ3) is 5.51. The quantitative estimate of drug-likeness (QED) is 0.730. The first-order valence-corrected chi connectivity index (χ1v) is 9.88. The lowest BCUT2D eigenvalue weighted by atomic mass is 9.93. The van der Waals surface area contributed by atoms with E-state index in [9.17, 15) is 4.79 Å². The molecule has 1 saturated heterocycles. The summed E-state index contributed by atoms with van der Waals surface area (Å²) in [6.45, 7) is 2.86. The van der Waals surface area contributed by atoms with Crippen LogP contribution in [0.2, 0.25) is 5.02 Å². The zero-order chi connectivity index (χ0) is 19.9. The average Bonchev–Trinajstić information content (AvgIpc) is 3.14. The summed E-state index contributed by atoms with van der Waals surface area (Å²) in [6.07, 6.45) is 5.48. The zero-order valence-electron chi connectivity index (χ0n) is 16.0. The lowest BCUT2D eigenvalue weighted by Crippen LogP contribution is -2.35. The van der Waals surface area contributed by atoms with Crippen LogP contribution in [0, 0.1) is 17.2 Å². The summed E-state index contributed by atoms with van der Waals surface area (Å²) in [6, 6.07) is 9.20. The molecule has 2 heterocycles. The number of H-pyrrole nitrogens is 1. The Morgan fingerprint density at radius 3 is 3.07 bits per heavy atom. The van der Waals surface area contributed by atoms with Crippen LogP contribution in [0.3, 0.4) is 0 Å². The third-order valence-corrected chi connectivity index (χ3v) is 5.32. The van der Waals surface area contributed by atoms with Crippen molar-refractivity contribution in [1.29, 1.82) is 5.26 Å². The van der Waals surface area contributed by atoms with Crippen molar-refractivity contribution in [2.75, 3.05) is 25.5 Å². The van der Waals surface area contributed by atoms with Crippen molar-refractivity contribution in [2.24, 2.45) is 5.92 Å². The number of methoxy groups -OCH3 is 1. The second kappa shape index (κ2) is 9.63. The zero-order valence-corrected chi connectivity index (χ0v) is 16.8. The molecular formula is C21H25ClN4O2. The molecule has 1 amide bonds. The van der Waals surface area contributed by atoms with E-state index in [0.717, 1.165) is 44.5 Å². The summed E-state index contributed by atoms with van der Waals surface area (Å²) in [7, 11) is 1.57. The van der Waals surface area contributed by atoms with Gasteiger partial charge in [0.05, 0.1) is 12.8 Å². The predicted molar refractivity (Wildman–Crippen MR) is 109 cm³/mol. The van der Waals surface area contributed by atoms with Crippen LogP contribution in [0.25, 0.3) is 0 Å². The highest BCUT2D eigenvalue weighted by Crippen LogP contribution is 2.28. The Morgan fingerprint density at radius 1 is 1.46 bits per heavy atom.